The summed E-state index contributed by atoms with van der Waals surface area (Å²) in [6.45, 7) is 8.41. The second-order valence-electron chi connectivity index (χ2n) is 4.55. The van der Waals surface area contributed by atoms with Gasteiger partial charge in [0.25, 0.3) is 5.69 Å². The molecule has 0 fully saturated rings. The maximum Gasteiger partial charge on any atom is 0.276 e. The van der Waals surface area contributed by atoms with Gasteiger partial charge in [-0.15, -0.1) is 6.58 Å². The molecule has 110 valence electrons. The molecular weight excluding hydrogens is 280 g/mol. The van der Waals surface area contributed by atoms with Crippen LogP contribution >= 0.6 is 0 Å². The number of nitrogens with zero attached hydrogens (tertiary/aromatic N) is 1. The van der Waals surface area contributed by atoms with E-state index in [0.29, 0.717) is 17.5 Å². The zero-order chi connectivity index (χ0) is 15.5. The monoisotopic (exact) mass is 298 g/mol. The van der Waals surface area contributed by atoms with Crippen molar-refractivity contribution in [3.63, 3.8) is 0 Å². The summed E-state index contributed by atoms with van der Waals surface area (Å²) in [7, 11) is -3.77. The summed E-state index contributed by atoms with van der Waals surface area (Å²) in [5.41, 5.74) is 0.963. The Hall–Kier alpha value is -1.73. The number of rotatable bonds is 6. The molecule has 0 bridgehead atoms. The second kappa shape index (κ2) is 6.15. The van der Waals surface area contributed by atoms with E-state index in [-0.39, 0.29) is 22.7 Å². The van der Waals surface area contributed by atoms with Gasteiger partial charge in [-0.25, -0.2) is 13.1 Å². The lowest BCUT2D eigenvalue weighted by Crippen LogP contribution is -2.26. The molecule has 7 heteroatoms. The van der Waals surface area contributed by atoms with Crippen LogP contribution in [0.1, 0.15) is 23.1 Å². The molecule has 6 nitrogen and oxygen atoms in total. The van der Waals surface area contributed by atoms with E-state index in [4.69, 9.17) is 0 Å². The Morgan fingerprint density at radius 3 is 2.45 bits per heavy atom. The lowest BCUT2D eigenvalue weighted by molar-refractivity contribution is -0.386. The van der Waals surface area contributed by atoms with Gasteiger partial charge < -0.3 is 0 Å². The van der Waals surface area contributed by atoms with Crippen molar-refractivity contribution in [3.8, 4) is 0 Å². The van der Waals surface area contributed by atoms with Gasteiger partial charge in [-0.3, -0.25) is 10.1 Å². The van der Waals surface area contributed by atoms with Crippen LogP contribution in [0.25, 0.3) is 0 Å². The van der Waals surface area contributed by atoms with E-state index in [2.05, 4.69) is 11.3 Å². The second-order valence-corrected chi connectivity index (χ2v) is 6.25. The molecule has 20 heavy (non-hydrogen) atoms. The van der Waals surface area contributed by atoms with Crippen molar-refractivity contribution in [1.82, 2.24) is 4.72 Å². The first-order chi connectivity index (χ1) is 9.22. The van der Waals surface area contributed by atoms with Crippen molar-refractivity contribution >= 4 is 15.7 Å². The van der Waals surface area contributed by atoms with Crippen molar-refractivity contribution in [2.75, 3.05) is 6.54 Å². The molecule has 0 aliphatic carbocycles. The minimum atomic E-state index is -3.77. The van der Waals surface area contributed by atoms with Crippen LogP contribution in [0.15, 0.2) is 23.6 Å². The van der Waals surface area contributed by atoms with E-state index < -0.39 is 14.9 Å². The predicted molar refractivity (Wildman–Crippen MR) is 77.3 cm³/mol. The fourth-order valence-corrected chi connectivity index (χ4v) is 3.73. The van der Waals surface area contributed by atoms with Crippen molar-refractivity contribution in [2.45, 2.75) is 32.1 Å². The maximum absolute atomic E-state index is 12.3. The van der Waals surface area contributed by atoms with Crippen LogP contribution in [0.4, 0.5) is 5.69 Å². The highest BCUT2D eigenvalue weighted by atomic mass is 32.2. The van der Waals surface area contributed by atoms with E-state index in [9.17, 15) is 18.5 Å². The topological polar surface area (TPSA) is 89.3 Å². The van der Waals surface area contributed by atoms with Crippen LogP contribution < -0.4 is 4.72 Å². The van der Waals surface area contributed by atoms with Crippen LogP contribution in [-0.4, -0.2) is 19.9 Å². The molecular formula is C13H18N2O4S. The Balaban J connectivity index is 3.41. The third-order valence-corrected chi connectivity index (χ3v) is 4.70. The van der Waals surface area contributed by atoms with E-state index in [1.807, 2.05) is 0 Å². The number of hydrogen-bond acceptors (Lipinski definition) is 4. The molecule has 0 aliphatic rings. The zero-order valence-corrected chi connectivity index (χ0v) is 12.6. The molecule has 1 N–H and O–H groups in total. The van der Waals surface area contributed by atoms with E-state index in [1.54, 1.807) is 19.9 Å². The molecule has 0 aliphatic heterocycles. The third kappa shape index (κ3) is 3.23. The van der Waals surface area contributed by atoms with Gasteiger partial charge in [-0.1, -0.05) is 6.08 Å². The van der Waals surface area contributed by atoms with E-state index >= 15 is 0 Å². The number of nitro groups is 1. The molecule has 0 saturated carbocycles. The molecule has 0 amide bonds. The van der Waals surface area contributed by atoms with Crippen LogP contribution in [0.2, 0.25) is 0 Å². The summed E-state index contributed by atoms with van der Waals surface area (Å²) in [6.07, 6.45) is 2.09. The molecule has 0 radical (unpaired) electrons. The molecule has 0 aromatic heterocycles. The molecule has 0 saturated heterocycles. The first-order valence-electron chi connectivity index (χ1n) is 6.08. The molecule has 0 atom stereocenters. The summed E-state index contributed by atoms with van der Waals surface area (Å²) < 4.78 is 27.0. The normalized spacial score (nSPS) is 11.3. The van der Waals surface area contributed by atoms with Crippen LogP contribution in [-0.2, 0) is 10.0 Å². The average molecular weight is 298 g/mol. The largest absolute Gasteiger partial charge is 0.276 e. The Kier molecular flexibility index (Phi) is 5.02. The molecule has 0 spiro atoms. The van der Waals surface area contributed by atoms with Gasteiger partial charge in [0.15, 0.2) is 0 Å². The fourth-order valence-electron chi connectivity index (χ4n) is 2.22. The number of hydrogen-bond donors (Lipinski definition) is 1. The van der Waals surface area contributed by atoms with E-state index in [1.165, 1.54) is 13.0 Å². The van der Waals surface area contributed by atoms with Crippen molar-refractivity contribution in [1.29, 1.82) is 0 Å². The highest BCUT2D eigenvalue weighted by Gasteiger charge is 2.27. The zero-order valence-electron chi connectivity index (χ0n) is 11.8. The molecule has 1 aromatic carbocycles. The average Bonchev–Trinajstić information content (AvgIpc) is 2.26. The molecule has 0 unspecified atom stereocenters. The quantitative estimate of drug-likeness (QED) is 0.378. The summed E-state index contributed by atoms with van der Waals surface area (Å²) in [6, 6.07) is 1.52. The van der Waals surface area contributed by atoms with Crippen molar-refractivity contribution in [3.05, 3.63) is 45.5 Å². The lowest BCUT2D eigenvalue weighted by atomic mass is 10.1. The van der Waals surface area contributed by atoms with E-state index in [0.717, 1.165) is 0 Å². The minimum Gasteiger partial charge on any atom is -0.258 e. The summed E-state index contributed by atoms with van der Waals surface area (Å²) in [4.78, 5) is 10.5. The lowest BCUT2D eigenvalue weighted by Gasteiger charge is -2.13. The maximum atomic E-state index is 12.3. The smallest absolute Gasteiger partial charge is 0.258 e. The van der Waals surface area contributed by atoms with Crippen molar-refractivity contribution < 1.29 is 13.3 Å². The number of sulfonamides is 1. The van der Waals surface area contributed by atoms with Gasteiger partial charge in [-0.05, 0) is 38.8 Å². The SMILES string of the molecule is C=CCCNS(=O)(=O)c1c(C)cc(C)c([N+](=O)[O-])c1C. The number of nitrogens with one attached hydrogen (secondary N) is 1. The molecule has 1 aromatic rings. The van der Waals surface area contributed by atoms with Gasteiger partial charge in [0.2, 0.25) is 10.0 Å². The molecule has 1 rings (SSSR count). The van der Waals surface area contributed by atoms with Gasteiger partial charge in [0, 0.05) is 17.7 Å². The van der Waals surface area contributed by atoms with Crippen LogP contribution in [0.5, 0.6) is 0 Å². The Morgan fingerprint density at radius 2 is 1.95 bits per heavy atom. The predicted octanol–water partition coefficient (Wildman–Crippen LogP) is 2.37. The summed E-state index contributed by atoms with van der Waals surface area (Å²) >= 11 is 0. The van der Waals surface area contributed by atoms with Gasteiger partial charge in [-0.2, -0.15) is 0 Å². The number of benzene rings is 1. The summed E-state index contributed by atoms with van der Waals surface area (Å²) in [5, 5.41) is 11.1. The first-order valence-corrected chi connectivity index (χ1v) is 7.56. The number of aryl methyl sites for hydroxylation is 2. The molecule has 0 heterocycles. The van der Waals surface area contributed by atoms with Gasteiger partial charge >= 0.3 is 0 Å². The third-order valence-electron chi connectivity index (χ3n) is 2.95. The van der Waals surface area contributed by atoms with Crippen LogP contribution in [0, 0.1) is 30.9 Å². The number of nitro benzene ring substituents is 1. The minimum absolute atomic E-state index is 0.0149. The Labute approximate surface area is 118 Å². The fraction of sp³-hybridized carbons (Fsp3) is 0.385. The van der Waals surface area contributed by atoms with Gasteiger partial charge in [0.1, 0.15) is 0 Å². The highest BCUT2D eigenvalue weighted by molar-refractivity contribution is 7.89. The standard InChI is InChI=1S/C13H18N2O4S/c1-5-6-7-14-20(18,19)13-10(3)8-9(2)12(11(13)4)15(16)17/h5,8,14H,1,6-7H2,2-4H3. The highest BCUT2D eigenvalue weighted by Crippen LogP contribution is 2.31. The Bertz CT molecular complexity index is 651. The summed E-state index contributed by atoms with van der Waals surface area (Å²) in [5.74, 6) is 0. The van der Waals surface area contributed by atoms with Gasteiger partial charge in [0.05, 0.1) is 9.82 Å². The Morgan fingerprint density at radius 1 is 1.35 bits per heavy atom. The first kappa shape index (κ1) is 16.3. The van der Waals surface area contributed by atoms with Crippen molar-refractivity contribution in [2.24, 2.45) is 0 Å². The van der Waals surface area contributed by atoms with Crippen LogP contribution in [0.3, 0.4) is 0 Å².